The molecule has 6 heteroatoms. The van der Waals surface area contributed by atoms with Crippen molar-refractivity contribution in [1.29, 1.82) is 0 Å². The van der Waals surface area contributed by atoms with Gasteiger partial charge in [0.05, 0.1) is 27.4 Å². The van der Waals surface area contributed by atoms with Gasteiger partial charge in [0.1, 0.15) is 0 Å². The fourth-order valence-electron chi connectivity index (χ4n) is 2.30. The van der Waals surface area contributed by atoms with E-state index in [1.165, 1.54) is 11.3 Å². The summed E-state index contributed by atoms with van der Waals surface area (Å²) in [6.07, 6.45) is 0. The Bertz CT molecular complexity index is 807. The number of rotatable bonds is 5. The average Bonchev–Trinajstić information content (AvgIpc) is 3.13. The van der Waals surface area contributed by atoms with Crippen LogP contribution in [-0.2, 0) is 11.8 Å². The van der Waals surface area contributed by atoms with Crippen LogP contribution in [0.25, 0.3) is 21.7 Å². The zero-order valence-electron chi connectivity index (χ0n) is 12.5. The topological polar surface area (TPSA) is 56.1 Å². The average molecular weight is 315 g/mol. The molecule has 3 rings (SSSR count). The first-order chi connectivity index (χ1) is 10.7. The maximum Gasteiger partial charge on any atom is 0.261 e. The molecule has 1 N–H and O–H groups in total. The van der Waals surface area contributed by atoms with Gasteiger partial charge in [-0.25, -0.2) is 4.98 Å². The molecule has 0 fully saturated rings. The normalized spacial score (nSPS) is 11.0. The molecule has 2 heterocycles. The van der Waals surface area contributed by atoms with Crippen molar-refractivity contribution in [2.75, 3.05) is 20.3 Å². The monoisotopic (exact) mass is 315 g/mol. The van der Waals surface area contributed by atoms with Gasteiger partial charge < -0.3 is 14.6 Å². The number of amides is 1. The maximum atomic E-state index is 12.0. The molecule has 0 spiro atoms. The number of benzene rings is 1. The van der Waals surface area contributed by atoms with Crippen molar-refractivity contribution in [3.05, 3.63) is 41.3 Å². The van der Waals surface area contributed by atoms with E-state index < -0.39 is 0 Å². The van der Waals surface area contributed by atoms with Crippen molar-refractivity contribution < 1.29 is 9.53 Å². The quantitative estimate of drug-likeness (QED) is 0.737. The van der Waals surface area contributed by atoms with Crippen LogP contribution < -0.4 is 5.32 Å². The largest absolute Gasteiger partial charge is 0.383 e. The molecule has 0 unspecified atom stereocenters. The van der Waals surface area contributed by atoms with Crippen molar-refractivity contribution in [2.24, 2.45) is 7.05 Å². The summed E-state index contributed by atoms with van der Waals surface area (Å²) in [5.41, 5.74) is 2.04. The van der Waals surface area contributed by atoms with Crippen LogP contribution in [0.5, 0.6) is 0 Å². The predicted molar refractivity (Wildman–Crippen MR) is 88.2 cm³/mol. The molecule has 0 saturated carbocycles. The fraction of sp³-hybridized carbons (Fsp3) is 0.250. The van der Waals surface area contributed by atoms with Gasteiger partial charge in [0, 0.05) is 20.7 Å². The molecule has 0 aliphatic rings. The molecule has 1 amide bonds. The van der Waals surface area contributed by atoms with Crippen molar-refractivity contribution in [3.8, 4) is 10.7 Å². The zero-order valence-corrected chi connectivity index (χ0v) is 13.3. The van der Waals surface area contributed by atoms with Gasteiger partial charge in [0.25, 0.3) is 5.91 Å². The third kappa shape index (κ3) is 2.75. The number of hydrogen-bond donors (Lipinski definition) is 1. The molecule has 0 radical (unpaired) electrons. The van der Waals surface area contributed by atoms with Gasteiger partial charge in [-0.15, -0.1) is 11.3 Å². The molecule has 0 aliphatic carbocycles. The van der Waals surface area contributed by atoms with Crippen molar-refractivity contribution in [1.82, 2.24) is 14.9 Å². The van der Waals surface area contributed by atoms with E-state index >= 15 is 0 Å². The van der Waals surface area contributed by atoms with Gasteiger partial charge in [-0.1, -0.05) is 12.1 Å². The van der Waals surface area contributed by atoms with Crippen LogP contribution in [0.1, 0.15) is 9.67 Å². The van der Waals surface area contributed by atoms with E-state index in [-0.39, 0.29) is 5.91 Å². The van der Waals surface area contributed by atoms with Gasteiger partial charge in [0.15, 0.2) is 5.82 Å². The highest BCUT2D eigenvalue weighted by Crippen LogP contribution is 2.29. The van der Waals surface area contributed by atoms with Crippen molar-refractivity contribution in [2.45, 2.75) is 0 Å². The van der Waals surface area contributed by atoms with Crippen LogP contribution in [0.15, 0.2) is 36.4 Å². The summed E-state index contributed by atoms with van der Waals surface area (Å²) in [7, 11) is 3.60. The summed E-state index contributed by atoms with van der Waals surface area (Å²) in [5.74, 6) is 0.800. The Morgan fingerprint density at radius 2 is 2.14 bits per heavy atom. The SMILES string of the molecule is COCCNC(=O)c1ccc(-c2nc3ccccc3n2C)s1. The van der Waals surface area contributed by atoms with E-state index in [0.29, 0.717) is 18.0 Å². The van der Waals surface area contributed by atoms with Crippen LogP contribution in [0, 0.1) is 0 Å². The second kappa shape index (κ2) is 6.29. The summed E-state index contributed by atoms with van der Waals surface area (Å²) in [5, 5.41) is 2.83. The molecule has 0 aliphatic heterocycles. The molecule has 5 nitrogen and oxygen atoms in total. The number of imidazole rings is 1. The number of aromatic nitrogens is 2. The highest BCUT2D eigenvalue weighted by Gasteiger charge is 2.14. The minimum Gasteiger partial charge on any atom is -0.383 e. The number of thiophene rings is 1. The molecule has 1 aromatic carbocycles. The Labute approximate surface area is 132 Å². The molecule has 0 bridgehead atoms. The lowest BCUT2D eigenvalue weighted by Crippen LogP contribution is -2.26. The van der Waals surface area contributed by atoms with E-state index in [2.05, 4.69) is 10.3 Å². The second-order valence-corrected chi connectivity index (χ2v) is 5.98. The van der Waals surface area contributed by atoms with Crippen LogP contribution in [0.3, 0.4) is 0 Å². The lowest BCUT2D eigenvalue weighted by molar-refractivity contribution is 0.0941. The minimum atomic E-state index is -0.0768. The molecule has 3 aromatic rings. The Hall–Kier alpha value is -2.18. The molecule has 0 atom stereocenters. The van der Waals surface area contributed by atoms with Gasteiger partial charge >= 0.3 is 0 Å². The molecule has 22 heavy (non-hydrogen) atoms. The van der Waals surface area contributed by atoms with E-state index in [1.807, 2.05) is 48.0 Å². The first-order valence-corrected chi connectivity index (χ1v) is 7.81. The molecular formula is C16H17N3O2S. The summed E-state index contributed by atoms with van der Waals surface area (Å²) in [4.78, 5) is 18.4. The van der Waals surface area contributed by atoms with E-state index in [1.54, 1.807) is 7.11 Å². The maximum absolute atomic E-state index is 12.0. The Morgan fingerprint density at radius 3 is 2.91 bits per heavy atom. The molecule has 0 saturated heterocycles. The lowest BCUT2D eigenvalue weighted by atomic mass is 10.3. The number of aryl methyl sites for hydroxylation is 1. The summed E-state index contributed by atoms with van der Waals surface area (Å²) < 4.78 is 6.98. The molecule has 2 aromatic heterocycles. The number of hydrogen-bond acceptors (Lipinski definition) is 4. The molecule has 114 valence electrons. The second-order valence-electron chi connectivity index (χ2n) is 4.90. The lowest BCUT2D eigenvalue weighted by Gasteiger charge is -2.01. The Balaban J connectivity index is 1.86. The highest BCUT2D eigenvalue weighted by atomic mass is 32.1. The van der Waals surface area contributed by atoms with Gasteiger partial charge in [0.2, 0.25) is 0 Å². The third-order valence-corrected chi connectivity index (χ3v) is 4.51. The summed E-state index contributed by atoms with van der Waals surface area (Å²) in [6, 6.07) is 11.8. The number of methoxy groups -OCH3 is 1. The summed E-state index contributed by atoms with van der Waals surface area (Å²) in [6.45, 7) is 1.02. The number of fused-ring (bicyclic) bond motifs is 1. The third-order valence-electron chi connectivity index (χ3n) is 3.43. The first kappa shape index (κ1) is 14.7. The Morgan fingerprint density at radius 1 is 1.32 bits per heavy atom. The van der Waals surface area contributed by atoms with Gasteiger partial charge in [-0.05, 0) is 24.3 Å². The fourth-order valence-corrected chi connectivity index (χ4v) is 3.25. The number of nitrogens with one attached hydrogen (secondary N) is 1. The highest BCUT2D eigenvalue weighted by molar-refractivity contribution is 7.17. The zero-order chi connectivity index (χ0) is 15.5. The number of nitrogens with zero attached hydrogens (tertiary/aromatic N) is 2. The number of carbonyl (C=O) groups excluding carboxylic acids is 1. The standard InChI is InChI=1S/C16H17N3O2S/c1-19-12-6-4-3-5-11(12)18-15(19)13-7-8-14(22-13)16(20)17-9-10-21-2/h3-8H,9-10H2,1-2H3,(H,17,20). The van der Waals surface area contributed by atoms with Crippen LogP contribution in [-0.4, -0.2) is 35.7 Å². The Kier molecular flexibility index (Phi) is 4.22. The smallest absolute Gasteiger partial charge is 0.261 e. The van der Waals surface area contributed by atoms with Crippen LogP contribution in [0.2, 0.25) is 0 Å². The first-order valence-electron chi connectivity index (χ1n) is 6.99. The number of carbonyl (C=O) groups is 1. The van der Waals surface area contributed by atoms with Crippen LogP contribution >= 0.6 is 11.3 Å². The van der Waals surface area contributed by atoms with Crippen molar-refractivity contribution >= 4 is 28.3 Å². The summed E-state index contributed by atoms with van der Waals surface area (Å²) >= 11 is 1.45. The number of ether oxygens (including phenoxy) is 1. The molecular weight excluding hydrogens is 298 g/mol. The predicted octanol–water partition coefficient (Wildman–Crippen LogP) is 2.68. The van der Waals surface area contributed by atoms with E-state index in [0.717, 1.165) is 21.7 Å². The van der Waals surface area contributed by atoms with Gasteiger partial charge in [-0.3, -0.25) is 4.79 Å². The van der Waals surface area contributed by atoms with Crippen molar-refractivity contribution in [3.63, 3.8) is 0 Å². The van der Waals surface area contributed by atoms with Gasteiger partial charge in [-0.2, -0.15) is 0 Å². The van der Waals surface area contributed by atoms with E-state index in [9.17, 15) is 4.79 Å². The van der Waals surface area contributed by atoms with E-state index in [4.69, 9.17) is 4.74 Å². The van der Waals surface area contributed by atoms with Crippen LogP contribution in [0.4, 0.5) is 0 Å². The minimum absolute atomic E-state index is 0.0768. The number of para-hydroxylation sites is 2.